The molecule has 1 heterocycles. The van der Waals surface area contributed by atoms with E-state index in [2.05, 4.69) is 48.1 Å². The predicted octanol–water partition coefficient (Wildman–Crippen LogP) is 3.16. The van der Waals surface area contributed by atoms with Crippen molar-refractivity contribution in [3.8, 4) is 11.4 Å². The van der Waals surface area contributed by atoms with E-state index >= 15 is 0 Å². The summed E-state index contributed by atoms with van der Waals surface area (Å²) in [6.07, 6.45) is 1.91. The number of aryl methyl sites for hydroxylation is 2. The minimum absolute atomic E-state index is 0.580. The van der Waals surface area contributed by atoms with Crippen LogP contribution in [0.5, 0.6) is 0 Å². The van der Waals surface area contributed by atoms with Crippen molar-refractivity contribution < 1.29 is 0 Å². The zero-order valence-corrected chi connectivity index (χ0v) is 11.2. The summed E-state index contributed by atoms with van der Waals surface area (Å²) in [5.41, 5.74) is 10.3. The van der Waals surface area contributed by atoms with Crippen molar-refractivity contribution in [1.29, 1.82) is 0 Å². The fourth-order valence-electron chi connectivity index (χ4n) is 1.95. The van der Waals surface area contributed by atoms with Crippen LogP contribution in [0.4, 0.5) is 5.82 Å². The normalized spacial score (nSPS) is 10.6. The molecule has 2 aromatic rings. The van der Waals surface area contributed by atoms with E-state index in [9.17, 15) is 0 Å². The standard InChI is InChI=1S/C15H19N3/c1-4-11-6-8-12(9-7-11)15-17-13(5-2)10(3)14(16)18-15/h6-9H,4-5H2,1-3H3,(H2,16,17,18). The molecule has 3 heteroatoms. The highest BCUT2D eigenvalue weighted by atomic mass is 15.0. The molecule has 0 saturated heterocycles. The van der Waals surface area contributed by atoms with E-state index < -0.39 is 0 Å². The molecule has 1 aromatic carbocycles. The number of nitrogen functional groups attached to an aromatic ring is 1. The van der Waals surface area contributed by atoms with Crippen LogP contribution in [0, 0.1) is 6.92 Å². The summed E-state index contributed by atoms with van der Waals surface area (Å²) in [5.74, 6) is 1.30. The summed E-state index contributed by atoms with van der Waals surface area (Å²) >= 11 is 0. The molecule has 0 aliphatic rings. The predicted molar refractivity (Wildman–Crippen MR) is 75.4 cm³/mol. The van der Waals surface area contributed by atoms with Gasteiger partial charge >= 0.3 is 0 Å². The van der Waals surface area contributed by atoms with Crippen LogP contribution in [0.2, 0.25) is 0 Å². The van der Waals surface area contributed by atoms with E-state index in [-0.39, 0.29) is 0 Å². The Morgan fingerprint density at radius 2 is 1.67 bits per heavy atom. The summed E-state index contributed by atoms with van der Waals surface area (Å²) in [4.78, 5) is 8.96. The van der Waals surface area contributed by atoms with Gasteiger partial charge in [-0.05, 0) is 25.3 Å². The van der Waals surface area contributed by atoms with Crippen molar-refractivity contribution >= 4 is 5.82 Å². The van der Waals surface area contributed by atoms with E-state index in [0.29, 0.717) is 5.82 Å². The van der Waals surface area contributed by atoms with Gasteiger partial charge in [-0.25, -0.2) is 9.97 Å². The number of hydrogen-bond acceptors (Lipinski definition) is 3. The maximum Gasteiger partial charge on any atom is 0.161 e. The maximum atomic E-state index is 5.94. The second kappa shape index (κ2) is 5.17. The second-order valence-corrected chi connectivity index (χ2v) is 4.41. The number of benzene rings is 1. The Kier molecular flexibility index (Phi) is 3.60. The molecule has 3 nitrogen and oxygen atoms in total. The van der Waals surface area contributed by atoms with Gasteiger partial charge in [0.05, 0.1) is 0 Å². The number of nitrogens with zero attached hydrogens (tertiary/aromatic N) is 2. The number of nitrogens with two attached hydrogens (primary N) is 1. The molecule has 0 aliphatic carbocycles. The Bertz CT molecular complexity index is 544. The molecule has 0 fully saturated rings. The Morgan fingerprint density at radius 3 is 2.22 bits per heavy atom. The van der Waals surface area contributed by atoms with E-state index in [4.69, 9.17) is 5.73 Å². The van der Waals surface area contributed by atoms with Gasteiger partial charge in [-0.2, -0.15) is 0 Å². The maximum absolute atomic E-state index is 5.94. The third-order valence-corrected chi connectivity index (χ3v) is 3.24. The smallest absolute Gasteiger partial charge is 0.161 e. The SMILES string of the molecule is CCc1ccc(-c2nc(N)c(C)c(CC)n2)cc1. The van der Waals surface area contributed by atoms with Crippen molar-refractivity contribution in [2.75, 3.05) is 5.73 Å². The van der Waals surface area contributed by atoms with E-state index in [0.717, 1.165) is 35.5 Å². The molecule has 0 atom stereocenters. The number of anilines is 1. The zero-order chi connectivity index (χ0) is 13.1. The lowest BCUT2D eigenvalue weighted by atomic mass is 10.1. The average molecular weight is 241 g/mol. The fraction of sp³-hybridized carbons (Fsp3) is 0.333. The van der Waals surface area contributed by atoms with Crippen LogP contribution in [0.1, 0.15) is 30.7 Å². The summed E-state index contributed by atoms with van der Waals surface area (Å²) < 4.78 is 0. The number of aromatic nitrogens is 2. The van der Waals surface area contributed by atoms with Crippen LogP contribution < -0.4 is 5.73 Å². The molecule has 0 bridgehead atoms. The molecule has 0 saturated carbocycles. The van der Waals surface area contributed by atoms with Crippen molar-refractivity contribution in [3.63, 3.8) is 0 Å². The molecule has 0 spiro atoms. The van der Waals surface area contributed by atoms with Crippen LogP contribution in [-0.4, -0.2) is 9.97 Å². The highest BCUT2D eigenvalue weighted by Gasteiger charge is 2.08. The Labute approximate surface area is 108 Å². The lowest BCUT2D eigenvalue weighted by Gasteiger charge is -2.09. The van der Waals surface area contributed by atoms with Gasteiger partial charge in [0.15, 0.2) is 5.82 Å². The third kappa shape index (κ3) is 2.35. The first kappa shape index (κ1) is 12.6. The van der Waals surface area contributed by atoms with Gasteiger partial charge in [0.1, 0.15) is 5.82 Å². The first-order chi connectivity index (χ1) is 8.65. The van der Waals surface area contributed by atoms with Gasteiger partial charge in [0.25, 0.3) is 0 Å². The number of rotatable bonds is 3. The molecule has 0 aliphatic heterocycles. The topological polar surface area (TPSA) is 51.8 Å². The minimum atomic E-state index is 0.580. The molecule has 94 valence electrons. The minimum Gasteiger partial charge on any atom is -0.383 e. The van der Waals surface area contributed by atoms with Crippen molar-refractivity contribution in [2.24, 2.45) is 0 Å². The Balaban J connectivity index is 2.46. The fourth-order valence-corrected chi connectivity index (χ4v) is 1.95. The molecule has 0 unspecified atom stereocenters. The molecule has 0 amide bonds. The number of hydrogen-bond donors (Lipinski definition) is 1. The lowest BCUT2D eigenvalue weighted by Crippen LogP contribution is -2.04. The highest BCUT2D eigenvalue weighted by Crippen LogP contribution is 2.21. The first-order valence-corrected chi connectivity index (χ1v) is 6.38. The second-order valence-electron chi connectivity index (χ2n) is 4.41. The lowest BCUT2D eigenvalue weighted by molar-refractivity contribution is 0.982. The van der Waals surface area contributed by atoms with Gasteiger partial charge in [-0.1, -0.05) is 38.1 Å². The molecular formula is C15H19N3. The Morgan fingerprint density at radius 1 is 1.00 bits per heavy atom. The molecule has 1 aromatic heterocycles. The average Bonchev–Trinajstić information content (AvgIpc) is 2.42. The molecule has 18 heavy (non-hydrogen) atoms. The van der Waals surface area contributed by atoms with Crippen LogP contribution in [0.3, 0.4) is 0 Å². The van der Waals surface area contributed by atoms with Gasteiger partial charge in [0.2, 0.25) is 0 Å². The van der Waals surface area contributed by atoms with E-state index in [1.54, 1.807) is 0 Å². The van der Waals surface area contributed by atoms with Crippen molar-refractivity contribution in [2.45, 2.75) is 33.6 Å². The van der Waals surface area contributed by atoms with Gasteiger partial charge in [-0.15, -0.1) is 0 Å². The molecular weight excluding hydrogens is 222 g/mol. The summed E-state index contributed by atoms with van der Waals surface area (Å²) in [7, 11) is 0. The van der Waals surface area contributed by atoms with Crippen LogP contribution in [0.25, 0.3) is 11.4 Å². The Hall–Kier alpha value is -1.90. The quantitative estimate of drug-likeness (QED) is 0.898. The summed E-state index contributed by atoms with van der Waals surface area (Å²) in [5, 5.41) is 0. The zero-order valence-electron chi connectivity index (χ0n) is 11.2. The largest absolute Gasteiger partial charge is 0.383 e. The van der Waals surface area contributed by atoms with Gasteiger partial charge in [0, 0.05) is 16.8 Å². The first-order valence-electron chi connectivity index (χ1n) is 6.38. The molecule has 2 N–H and O–H groups in total. The van der Waals surface area contributed by atoms with Gasteiger partial charge in [-0.3, -0.25) is 0 Å². The molecule has 2 rings (SSSR count). The van der Waals surface area contributed by atoms with Crippen LogP contribution in [0.15, 0.2) is 24.3 Å². The van der Waals surface area contributed by atoms with E-state index in [1.165, 1.54) is 5.56 Å². The monoisotopic (exact) mass is 241 g/mol. The summed E-state index contributed by atoms with van der Waals surface area (Å²) in [6.45, 7) is 6.20. The van der Waals surface area contributed by atoms with Crippen LogP contribution >= 0.6 is 0 Å². The highest BCUT2D eigenvalue weighted by molar-refractivity contribution is 5.59. The summed E-state index contributed by atoms with van der Waals surface area (Å²) in [6, 6.07) is 8.34. The molecule has 0 radical (unpaired) electrons. The van der Waals surface area contributed by atoms with Gasteiger partial charge < -0.3 is 5.73 Å². The van der Waals surface area contributed by atoms with Crippen LogP contribution in [-0.2, 0) is 12.8 Å². The van der Waals surface area contributed by atoms with Crippen molar-refractivity contribution in [3.05, 3.63) is 41.1 Å². The third-order valence-electron chi connectivity index (χ3n) is 3.24. The van der Waals surface area contributed by atoms with E-state index in [1.807, 2.05) is 6.92 Å². The van der Waals surface area contributed by atoms with Crippen molar-refractivity contribution in [1.82, 2.24) is 9.97 Å².